The van der Waals surface area contributed by atoms with E-state index in [1.165, 1.54) is 25.7 Å². The standard InChI is InChI=1S/C44H76NO7P/c1-6-8-10-12-14-16-18-19-20-21-22-23-24-25-26-28-30-32-34-36-39-49-41-43(42-51-53(47,48)50-40-38-45(3,4)5)52-44(46)37-35-33-31-29-27-17-15-13-11-9-7-2/h8,10,13-16,19-20,22-23,25-26,30,32,43H,6-7,9,11-12,17-18,21,24,27-29,31,33-42H2,1-5H3/p+1/b10-8-,15-13-,16-14-,20-19-,23-22-,26-25-,32-30-. The number of phosphoric acid groups is 1. The van der Waals surface area contributed by atoms with Gasteiger partial charge in [-0.15, -0.1) is 0 Å². The Kier molecular flexibility index (Phi) is 35.0. The summed E-state index contributed by atoms with van der Waals surface area (Å²) < 4.78 is 34.8. The minimum absolute atomic E-state index is 0.0714. The topological polar surface area (TPSA) is 91.3 Å². The van der Waals surface area contributed by atoms with Gasteiger partial charge in [-0.05, 0) is 77.0 Å². The van der Waals surface area contributed by atoms with Crippen LogP contribution in [0.25, 0.3) is 0 Å². The molecule has 0 saturated heterocycles. The summed E-state index contributed by atoms with van der Waals surface area (Å²) in [6.45, 7) is 5.26. The van der Waals surface area contributed by atoms with E-state index in [-0.39, 0.29) is 25.8 Å². The van der Waals surface area contributed by atoms with Crippen LogP contribution < -0.4 is 0 Å². The van der Waals surface area contributed by atoms with Crippen LogP contribution >= 0.6 is 7.82 Å². The van der Waals surface area contributed by atoms with Crippen LogP contribution in [0, 0.1) is 0 Å². The fourth-order valence-electron chi connectivity index (χ4n) is 4.78. The second kappa shape index (κ2) is 36.6. The van der Waals surface area contributed by atoms with E-state index < -0.39 is 13.9 Å². The molecule has 0 aliphatic carbocycles. The molecule has 0 rings (SSSR count). The Labute approximate surface area is 325 Å². The first-order chi connectivity index (χ1) is 25.6. The van der Waals surface area contributed by atoms with Crippen molar-refractivity contribution in [2.24, 2.45) is 0 Å². The molecule has 0 aliphatic heterocycles. The molecule has 2 atom stereocenters. The van der Waals surface area contributed by atoms with Gasteiger partial charge in [0.05, 0.1) is 34.4 Å². The lowest BCUT2D eigenvalue weighted by molar-refractivity contribution is -0.870. The molecule has 0 aliphatic rings. The maximum Gasteiger partial charge on any atom is 0.472 e. The molecule has 1 N–H and O–H groups in total. The largest absolute Gasteiger partial charge is 0.472 e. The summed E-state index contributed by atoms with van der Waals surface area (Å²) in [5, 5.41) is 0. The van der Waals surface area contributed by atoms with E-state index in [0.717, 1.165) is 83.5 Å². The average molecular weight is 763 g/mol. The molecule has 0 amide bonds. The maximum atomic E-state index is 12.6. The van der Waals surface area contributed by atoms with Crippen LogP contribution in [0.2, 0.25) is 0 Å². The molecule has 9 heteroatoms. The van der Waals surface area contributed by atoms with Gasteiger partial charge >= 0.3 is 13.8 Å². The van der Waals surface area contributed by atoms with E-state index in [1.807, 2.05) is 21.1 Å². The Morgan fingerprint density at radius 2 is 1.09 bits per heavy atom. The van der Waals surface area contributed by atoms with E-state index in [1.54, 1.807) is 0 Å². The van der Waals surface area contributed by atoms with Gasteiger partial charge in [0.1, 0.15) is 19.3 Å². The molecule has 304 valence electrons. The summed E-state index contributed by atoms with van der Waals surface area (Å²) in [5.74, 6) is -0.349. The number of hydrogen-bond donors (Lipinski definition) is 1. The summed E-state index contributed by atoms with van der Waals surface area (Å²) in [4.78, 5) is 22.8. The minimum Gasteiger partial charge on any atom is -0.457 e. The highest BCUT2D eigenvalue weighted by atomic mass is 31.2. The van der Waals surface area contributed by atoms with E-state index in [4.69, 9.17) is 18.5 Å². The van der Waals surface area contributed by atoms with Crippen molar-refractivity contribution in [1.82, 2.24) is 0 Å². The fourth-order valence-corrected chi connectivity index (χ4v) is 5.52. The van der Waals surface area contributed by atoms with Gasteiger partial charge in [-0.2, -0.15) is 0 Å². The van der Waals surface area contributed by atoms with Crippen molar-refractivity contribution < 1.29 is 37.3 Å². The van der Waals surface area contributed by atoms with Crippen molar-refractivity contribution in [3.8, 4) is 0 Å². The zero-order valence-electron chi connectivity index (χ0n) is 34.2. The fraction of sp³-hybridized carbons (Fsp3) is 0.659. The van der Waals surface area contributed by atoms with Gasteiger partial charge in [0, 0.05) is 13.0 Å². The molecule has 0 heterocycles. The van der Waals surface area contributed by atoms with Gasteiger partial charge in [0.15, 0.2) is 0 Å². The van der Waals surface area contributed by atoms with E-state index >= 15 is 0 Å². The number of esters is 1. The Balaban J connectivity index is 4.39. The molecule has 0 fully saturated rings. The summed E-state index contributed by atoms with van der Waals surface area (Å²) in [6.07, 6.45) is 47.7. The Morgan fingerprint density at radius 1 is 0.604 bits per heavy atom. The van der Waals surface area contributed by atoms with E-state index in [2.05, 4.69) is 98.9 Å². The lowest BCUT2D eigenvalue weighted by Gasteiger charge is -2.24. The predicted molar refractivity (Wildman–Crippen MR) is 224 cm³/mol. The number of likely N-dealkylation sites (N-methyl/N-ethyl adjacent to an activating group) is 1. The molecule has 0 bridgehead atoms. The molecule has 0 aromatic heterocycles. The van der Waals surface area contributed by atoms with Crippen LogP contribution in [0.5, 0.6) is 0 Å². The first kappa shape index (κ1) is 50.7. The van der Waals surface area contributed by atoms with E-state index in [9.17, 15) is 14.3 Å². The third kappa shape index (κ3) is 40.7. The highest BCUT2D eigenvalue weighted by Crippen LogP contribution is 2.43. The third-order valence-electron chi connectivity index (χ3n) is 7.94. The Morgan fingerprint density at radius 3 is 1.66 bits per heavy atom. The average Bonchev–Trinajstić information content (AvgIpc) is 3.11. The molecule has 8 nitrogen and oxygen atoms in total. The SMILES string of the molecule is CC/C=C\C/C=C\C/C=C\C/C=C\C/C=C\C/C=C\CCCOCC(COP(=O)(O)OCC[N+](C)(C)C)OC(=O)CCCCCCC/C=C\CCCC. The molecule has 0 saturated carbocycles. The first-order valence-electron chi connectivity index (χ1n) is 20.3. The molecular formula is C44H77NO7P+. The van der Waals surface area contributed by atoms with Gasteiger partial charge in [-0.3, -0.25) is 13.8 Å². The first-order valence-corrected chi connectivity index (χ1v) is 21.8. The van der Waals surface area contributed by atoms with Crippen LogP contribution in [-0.2, 0) is 27.9 Å². The lowest BCUT2D eigenvalue weighted by atomic mass is 10.1. The zero-order valence-corrected chi connectivity index (χ0v) is 35.1. The number of carbonyl (C=O) groups is 1. The molecule has 2 unspecified atom stereocenters. The van der Waals surface area contributed by atoms with Gasteiger partial charge in [-0.1, -0.05) is 131 Å². The van der Waals surface area contributed by atoms with Crippen LogP contribution in [0.1, 0.15) is 129 Å². The number of hydrogen-bond acceptors (Lipinski definition) is 6. The minimum atomic E-state index is -4.29. The highest BCUT2D eigenvalue weighted by molar-refractivity contribution is 7.47. The number of phosphoric ester groups is 1. The van der Waals surface area contributed by atoms with Crippen molar-refractivity contribution in [3.63, 3.8) is 0 Å². The lowest BCUT2D eigenvalue weighted by Crippen LogP contribution is -2.37. The Hall–Kier alpha value is -2.32. The molecule has 53 heavy (non-hydrogen) atoms. The Bertz CT molecular complexity index is 1120. The summed E-state index contributed by atoms with van der Waals surface area (Å²) in [7, 11) is 1.61. The predicted octanol–water partition coefficient (Wildman–Crippen LogP) is 11.7. The normalized spacial score (nSPS) is 14.8. The second-order valence-corrected chi connectivity index (χ2v) is 15.7. The van der Waals surface area contributed by atoms with E-state index in [0.29, 0.717) is 24.1 Å². The number of rotatable bonds is 36. The number of ether oxygens (including phenoxy) is 2. The van der Waals surface area contributed by atoms with Crippen LogP contribution in [0.3, 0.4) is 0 Å². The highest BCUT2D eigenvalue weighted by Gasteiger charge is 2.26. The van der Waals surface area contributed by atoms with Crippen LogP contribution in [0.15, 0.2) is 85.1 Å². The van der Waals surface area contributed by atoms with Crippen LogP contribution in [0.4, 0.5) is 0 Å². The molecule has 0 spiro atoms. The van der Waals surface area contributed by atoms with Crippen molar-refractivity contribution in [3.05, 3.63) is 85.1 Å². The second-order valence-electron chi connectivity index (χ2n) is 14.3. The number of nitrogens with zero attached hydrogens (tertiary/aromatic N) is 1. The zero-order chi connectivity index (χ0) is 39.1. The van der Waals surface area contributed by atoms with Gasteiger partial charge in [-0.25, -0.2) is 4.57 Å². The molecule has 0 aromatic rings. The van der Waals surface area contributed by atoms with Gasteiger partial charge < -0.3 is 18.9 Å². The number of quaternary nitrogens is 1. The number of unbranched alkanes of at least 4 members (excludes halogenated alkanes) is 8. The quantitative estimate of drug-likeness (QED) is 0.0223. The summed E-state index contributed by atoms with van der Waals surface area (Å²) in [5.41, 5.74) is 0. The monoisotopic (exact) mass is 763 g/mol. The maximum absolute atomic E-state index is 12.6. The van der Waals surface area contributed by atoms with Gasteiger partial charge in [0.25, 0.3) is 0 Å². The van der Waals surface area contributed by atoms with Crippen molar-refractivity contribution in [2.75, 3.05) is 54.1 Å². The smallest absolute Gasteiger partial charge is 0.457 e. The van der Waals surface area contributed by atoms with Crippen LogP contribution in [-0.4, -0.2) is 75.6 Å². The number of allylic oxidation sites excluding steroid dienone is 14. The molecule has 0 aromatic carbocycles. The summed E-state index contributed by atoms with van der Waals surface area (Å²) in [6, 6.07) is 0. The number of carbonyl (C=O) groups excluding carboxylic acids is 1. The molecule has 0 radical (unpaired) electrons. The summed E-state index contributed by atoms with van der Waals surface area (Å²) >= 11 is 0. The van der Waals surface area contributed by atoms with Gasteiger partial charge in [0.2, 0.25) is 0 Å². The van der Waals surface area contributed by atoms with Crippen molar-refractivity contribution >= 4 is 13.8 Å². The van der Waals surface area contributed by atoms with Crippen molar-refractivity contribution in [2.45, 2.75) is 136 Å². The van der Waals surface area contributed by atoms with Crippen molar-refractivity contribution in [1.29, 1.82) is 0 Å². The third-order valence-corrected chi connectivity index (χ3v) is 8.92. The molecular weight excluding hydrogens is 685 g/mol.